The molecular formula is C10H16N4O. The second-order valence-corrected chi connectivity index (χ2v) is 3.91. The standard InChI is InChI=1S/C10H16N4O/c1-2-10(4-3-5-11-10)9(15)14-8-6-12-13-7-8/h6-7,11H,2-5H2,1H3,(H,12,13)(H,14,15). The number of aromatic amines is 1. The maximum atomic E-state index is 12.1. The van der Waals surface area contributed by atoms with Gasteiger partial charge in [0.1, 0.15) is 0 Å². The molecule has 0 saturated carbocycles. The van der Waals surface area contributed by atoms with Crippen molar-refractivity contribution in [2.45, 2.75) is 31.7 Å². The zero-order chi connectivity index (χ0) is 10.7. The van der Waals surface area contributed by atoms with Crippen molar-refractivity contribution >= 4 is 11.6 Å². The molecule has 0 bridgehead atoms. The molecule has 5 nitrogen and oxygen atoms in total. The first-order valence-electron chi connectivity index (χ1n) is 5.32. The molecule has 1 unspecified atom stereocenters. The van der Waals surface area contributed by atoms with Gasteiger partial charge in [-0.05, 0) is 25.8 Å². The number of aromatic nitrogens is 2. The second kappa shape index (κ2) is 4.02. The van der Waals surface area contributed by atoms with Crippen LogP contribution in [-0.2, 0) is 4.79 Å². The summed E-state index contributed by atoms with van der Waals surface area (Å²) in [6, 6.07) is 0. The monoisotopic (exact) mass is 208 g/mol. The number of nitrogens with one attached hydrogen (secondary N) is 3. The first kappa shape index (κ1) is 10.2. The van der Waals surface area contributed by atoms with Crippen molar-refractivity contribution < 1.29 is 4.79 Å². The van der Waals surface area contributed by atoms with Gasteiger partial charge in [-0.15, -0.1) is 0 Å². The lowest BCUT2D eigenvalue weighted by Crippen LogP contribution is -2.50. The van der Waals surface area contributed by atoms with Gasteiger partial charge in [-0.1, -0.05) is 6.92 Å². The largest absolute Gasteiger partial charge is 0.322 e. The van der Waals surface area contributed by atoms with Crippen molar-refractivity contribution in [1.82, 2.24) is 15.5 Å². The molecular weight excluding hydrogens is 192 g/mol. The van der Waals surface area contributed by atoms with E-state index in [1.54, 1.807) is 12.4 Å². The Balaban J connectivity index is 2.06. The summed E-state index contributed by atoms with van der Waals surface area (Å²) in [5.41, 5.74) is 0.346. The number of rotatable bonds is 3. The Bertz CT molecular complexity index is 327. The second-order valence-electron chi connectivity index (χ2n) is 3.91. The Morgan fingerprint density at radius 1 is 1.73 bits per heavy atom. The predicted octanol–water partition coefficient (Wildman–Crippen LogP) is 0.880. The summed E-state index contributed by atoms with van der Waals surface area (Å²) in [5, 5.41) is 12.6. The van der Waals surface area contributed by atoms with Crippen LogP contribution in [-0.4, -0.2) is 28.2 Å². The predicted molar refractivity (Wildman–Crippen MR) is 57.5 cm³/mol. The molecule has 0 aromatic carbocycles. The number of hydrogen-bond donors (Lipinski definition) is 3. The minimum Gasteiger partial charge on any atom is -0.322 e. The normalized spacial score (nSPS) is 25.4. The third-order valence-corrected chi connectivity index (χ3v) is 3.04. The van der Waals surface area contributed by atoms with E-state index in [0.717, 1.165) is 31.5 Å². The summed E-state index contributed by atoms with van der Waals surface area (Å²) in [5.74, 6) is 0.0453. The van der Waals surface area contributed by atoms with Gasteiger partial charge in [0.15, 0.2) is 0 Å². The number of H-pyrrole nitrogens is 1. The van der Waals surface area contributed by atoms with E-state index in [4.69, 9.17) is 0 Å². The maximum Gasteiger partial charge on any atom is 0.244 e. The van der Waals surface area contributed by atoms with Crippen LogP contribution in [0.5, 0.6) is 0 Å². The van der Waals surface area contributed by atoms with E-state index in [2.05, 4.69) is 20.8 Å². The van der Waals surface area contributed by atoms with Crippen LogP contribution in [0.2, 0.25) is 0 Å². The number of amides is 1. The van der Waals surface area contributed by atoms with Gasteiger partial charge in [0.05, 0.1) is 17.4 Å². The topological polar surface area (TPSA) is 69.8 Å². The fourth-order valence-electron chi connectivity index (χ4n) is 2.03. The number of nitrogens with zero attached hydrogens (tertiary/aromatic N) is 1. The Morgan fingerprint density at radius 2 is 2.60 bits per heavy atom. The highest BCUT2D eigenvalue weighted by molar-refractivity contribution is 5.98. The average Bonchev–Trinajstić information content (AvgIpc) is 2.87. The summed E-state index contributed by atoms with van der Waals surface area (Å²) in [6.07, 6.45) is 6.07. The first-order valence-corrected chi connectivity index (χ1v) is 5.32. The van der Waals surface area contributed by atoms with Gasteiger partial charge in [0.25, 0.3) is 0 Å². The molecule has 2 heterocycles. The molecule has 0 spiro atoms. The van der Waals surface area contributed by atoms with Crippen molar-refractivity contribution in [2.24, 2.45) is 0 Å². The van der Waals surface area contributed by atoms with Crippen LogP contribution >= 0.6 is 0 Å². The van der Waals surface area contributed by atoms with Crippen LogP contribution in [0.1, 0.15) is 26.2 Å². The van der Waals surface area contributed by atoms with E-state index in [1.165, 1.54) is 0 Å². The van der Waals surface area contributed by atoms with E-state index in [0.29, 0.717) is 0 Å². The molecule has 1 saturated heterocycles. The summed E-state index contributed by atoms with van der Waals surface area (Å²) in [7, 11) is 0. The van der Waals surface area contributed by atoms with Gasteiger partial charge in [0.2, 0.25) is 5.91 Å². The van der Waals surface area contributed by atoms with Crippen molar-refractivity contribution in [2.75, 3.05) is 11.9 Å². The molecule has 1 aromatic heterocycles. The van der Waals surface area contributed by atoms with Crippen LogP contribution in [0.3, 0.4) is 0 Å². The van der Waals surface area contributed by atoms with Crippen LogP contribution in [0.4, 0.5) is 5.69 Å². The molecule has 0 aliphatic carbocycles. The summed E-state index contributed by atoms with van der Waals surface area (Å²) < 4.78 is 0. The molecule has 1 amide bonds. The van der Waals surface area contributed by atoms with Crippen LogP contribution in [0.25, 0.3) is 0 Å². The van der Waals surface area contributed by atoms with E-state index < -0.39 is 0 Å². The molecule has 1 atom stereocenters. The Labute approximate surface area is 88.6 Å². The lowest BCUT2D eigenvalue weighted by Gasteiger charge is -2.26. The fourth-order valence-corrected chi connectivity index (χ4v) is 2.03. The van der Waals surface area contributed by atoms with Crippen LogP contribution < -0.4 is 10.6 Å². The zero-order valence-electron chi connectivity index (χ0n) is 8.84. The SMILES string of the molecule is CCC1(C(=O)Nc2cn[nH]c2)CCCN1. The zero-order valence-corrected chi connectivity index (χ0v) is 8.84. The highest BCUT2D eigenvalue weighted by atomic mass is 16.2. The molecule has 5 heteroatoms. The van der Waals surface area contributed by atoms with E-state index >= 15 is 0 Å². The summed E-state index contributed by atoms with van der Waals surface area (Å²) in [6.45, 7) is 2.96. The van der Waals surface area contributed by atoms with Crippen molar-refractivity contribution in [1.29, 1.82) is 0 Å². The Hall–Kier alpha value is -1.36. The van der Waals surface area contributed by atoms with Gasteiger partial charge in [-0.2, -0.15) is 5.10 Å². The third kappa shape index (κ3) is 1.87. The minimum absolute atomic E-state index is 0.0453. The summed E-state index contributed by atoms with van der Waals surface area (Å²) >= 11 is 0. The quantitative estimate of drug-likeness (QED) is 0.690. The van der Waals surface area contributed by atoms with Gasteiger partial charge in [-0.3, -0.25) is 9.89 Å². The fraction of sp³-hybridized carbons (Fsp3) is 0.600. The molecule has 1 fully saturated rings. The molecule has 0 radical (unpaired) electrons. The minimum atomic E-state index is -0.378. The molecule has 1 aliphatic heterocycles. The lowest BCUT2D eigenvalue weighted by molar-refractivity contribution is -0.122. The maximum absolute atomic E-state index is 12.1. The lowest BCUT2D eigenvalue weighted by atomic mass is 9.93. The first-order chi connectivity index (χ1) is 7.27. The Kier molecular flexibility index (Phi) is 2.73. The van der Waals surface area contributed by atoms with Crippen LogP contribution in [0, 0.1) is 0 Å². The number of hydrogen-bond acceptors (Lipinski definition) is 3. The van der Waals surface area contributed by atoms with E-state index in [1.807, 2.05) is 6.92 Å². The van der Waals surface area contributed by atoms with Crippen molar-refractivity contribution in [3.8, 4) is 0 Å². The van der Waals surface area contributed by atoms with Crippen molar-refractivity contribution in [3.05, 3.63) is 12.4 Å². The van der Waals surface area contributed by atoms with Crippen LogP contribution in [0.15, 0.2) is 12.4 Å². The van der Waals surface area contributed by atoms with E-state index in [-0.39, 0.29) is 11.4 Å². The van der Waals surface area contributed by atoms with Gasteiger partial charge in [-0.25, -0.2) is 0 Å². The molecule has 3 N–H and O–H groups in total. The molecule has 82 valence electrons. The van der Waals surface area contributed by atoms with E-state index in [9.17, 15) is 4.79 Å². The number of carbonyl (C=O) groups is 1. The summed E-state index contributed by atoms with van der Waals surface area (Å²) in [4.78, 5) is 12.1. The highest BCUT2D eigenvalue weighted by Crippen LogP contribution is 2.24. The third-order valence-electron chi connectivity index (χ3n) is 3.04. The van der Waals surface area contributed by atoms with Gasteiger partial charge in [0, 0.05) is 6.20 Å². The molecule has 1 aromatic rings. The van der Waals surface area contributed by atoms with Gasteiger partial charge >= 0.3 is 0 Å². The average molecular weight is 208 g/mol. The van der Waals surface area contributed by atoms with Crippen molar-refractivity contribution in [3.63, 3.8) is 0 Å². The molecule has 15 heavy (non-hydrogen) atoms. The molecule has 2 rings (SSSR count). The van der Waals surface area contributed by atoms with Gasteiger partial charge < -0.3 is 10.6 Å². The number of anilines is 1. The molecule has 1 aliphatic rings. The highest BCUT2D eigenvalue weighted by Gasteiger charge is 2.39. The smallest absolute Gasteiger partial charge is 0.244 e. The Morgan fingerprint density at radius 3 is 3.13 bits per heavy atom. The number of carbonyl (C=O) groups excluding carboxylic acids is 1.